The van der Waals surface area contributed by atoms with Gasteiger partial charge in [-0.05, 0) is 12.1 Å². The molecular weight excluding hydrogens is 330 g/mol. The zero-order valence-electron chi connectivity index (χ0n) is 15.8. The number of para-hydroxylation sites is 1. The Bertz CT molecular complexity index is 716. The van der Waals surface area contributed by atoms with Crippen LogP contribution < -0.4 is 10.6 Å². The molecule has 0 heterocycles. The SMILES string of the molecule is C#CCNC1=C(Nc2cccc(C(=O)N(C)C)c2O)C(=O)C1.C=C.CC. The lowest BCUT2D eigenvalue weighted by Gasteiger charge is -2.24. The first-order chi connectivity index (χ1) is 12.5. The molecule has 1 aliphatic rings. The quantitative estimate of drug-likeness (QED) is 0.429. The number of benzene rings is 1. The van der Waals surface area contributed by atoms with E-state index >= 15 is 0 Å². The van der Waals surface area contributed by atoms with Crippen LogP contribution in [0.25, 0.3) is 0 Å². The van der Waals surface area contributed by atoms with Crippen LogP contribution in [-0.4, -0.2) is 42.3 Å². The fraction of sp³-hybridized carbons (Fsp3) is 0.300. The Morgan fingerprint density at radius 1 is 1.35 bits per heavy atom. The molecule has 0 unspecified atom stereocenters. The molecule has 0 aliphatic heterocycles. The van der Waals surface area contributed by atoms with Crippen LogP contribution in [-0.2, 0) is 4.79 Å². The average Bonchev–Trinajstić information content (AvgIpc) is 2.66. The highest BCUT2D eigenvalue weighted by molar-refractivity contribution is 6.07. The van der Waals surface area contributed by atoms with E-state index in [1.807, 2.05) is 13.8 Å². The number of hydrogen-bond acceptors (Lipinski definition) is 5. The summed E-state index contributed by atoms with van der Waals surface area (Å²) in [5, 5.41) is 16.0. The first kappa shape index (κ1) is 22.8. The van der Waals surface area contributed by atoms with Crippen LogP contribution in [0, 0.1) is 12.3 Å². The zero-order valence-corrected chi connectivity index (χ0v) is 15.8. The number of aromatic hydroxyl groups is 1. The van der Waals surface area contributed by atoms with Crippen molar-refractivity contribution in [2.24, 2.45) is 0 Å². The minimum absolute atomic E-state index is 0.0803. The number of anilines is 1. The van der Waals surface area contributed by atoms with Crippen LogP contribution in [0.2, 0.25) is 0 Å². The average molecular weight is 357 g/mol. The Hall–Kier alpha value is -3.20. The maximum Gasteiger partial charge on any atom is 0.257 e. The van der Waals surface area contributed by atoms with Crippen LogP contribution in [0.5, 0.6) is 5.75 Å². The number of amides is 1. The zero-order chi connectivity index (χ0) is 20.3. The third kappa shape index (κ3) is 5.42. The highest BCUT2D eigenvalue weighted by atomic mass is 16.3. The summed E-state index contributed by atoms with van der Waals surface area (Å²) in [5.74, 6) is 1.84. The van der Waals surface area contributed by atoms with Crippen LogP contribution in [0.1, 0.15) is 30.6 Å². The van der Waals surface area contributed by atoms with Gasteiger partial charge in [0.2, 0.25) is 0 Å². The lowest BCUT2D eigenvalue weighted by Crippen LogP contribution is -2.32. The fourth-order valence-corrected chi connectivity index (χ4v) is 2.05. The number of nitrogens with zero attached hydrogens (tertiary/aromatic N) is 1. The van der Waals surface area contributed by atoms with Crippen molar-refractivity contribution in [3.05, 3.63) is 48.3 Å². The molecule has 0 saturated heterocycles. The predicted molar refractivity (Wildman–Crippen MR) is 106 cm³/mol. The Kier molecular flexibility index (Phi) is 9.97. The molecule has 0 atom stereocenters. The minimum atomic E-state index is -0.319. The summed E-state index contributed by atoms with van der Waals surface area (Å²) in [6, 6.07) is 4.76. The molecule has 26 heavy (non-hydrogen) atoms. The maximum absolute atomic E-state index is 12.0. The van der Waals surface area contributed by atoms with Gasteiger partial charge in [-0.25, -0.2) is 0 Å². The summed E-state index contributed by atoms with van der Waals surface area (Å²) in [5.41, 5.74) is 1.53. The molecule has 3 N–H and O–H groups in total. The van der Waals surface area contributed by atoms with Crippen LogP contribution in [0.3, 0.4) is 0 Å². The van der Waals surface area contributed by atoms with E-state index in [9.17, 15) is 14.7 Å². The van der Waals surface area contributed by atoms with Gasteiger partial charge in [0.1, 0.15) is 5.70 Å². The molecule has 0 aromatic heterocycles. The molecule has 1 aromatic rings. The van der Waals surface area contributed by atoms with Crippen LogP contribution in [0.4, 0.5) is 5.69 Å². The molecule has 0 bridgehead atoms. The summed E-state index contributed by atoms with van der Waals surface area (Å²) in [7, 11) is 3.20. The summed E-state index contributed by atoms with van der Waals surface area (Å²) in [6.45, 7) is 10.3. The molecular formula is C20H27N3O3. The highest BCUT2D eigenvalue weighted by Gasteiger charge is 2.28. The second-order valence-electron chi connectivity index (χ2n) is 5.04. The molecule has 140 valence electrons. The number of ketones is 1. The molecule has 1 aromatic carbocycles. The number of carbonyl (C=O) groups is 2. The Morgan fingerprint density at radius 3 is 2.46 bits per heavy atom. The highest BCUT2D eigenvalue weighted by Crippen LogP contribution is 2.32. The van der Waals surface area contributed by atoms with E-state index in [0.717, 1.165) is 0 Å². The molecule has 0 spiro atoms. The summed E-state index contributed by atoms with van der Waals surface area (Å²) in [4.78, 5) is 25.0. The van der Waals surface area contributed by atoms with Gasteiger partial charge in [0, 0.05) is 19.8 Å². The Labute approximate surface area is 155 Å². The van der Waals surface area contributed by atoms with Crippen molar-refractivity contribution in [3.63, 3.8) is 0 Å². The van der Waals surface area contributed by atoms with Gasteiger partial charge in [0.15, 0.2) is 11.5 Å². The predicted octanol–water partition coefficient (Wildman–Crippen LogP) is 2.74. The molecule has 1 aliphatic carbocycles. The largest absolute Gasteiger partial charge is 0.505 e. The molecule has 6 nitrogen and oxygen atoms in total. The van der Waals surface area contributed by atoms with E-state index in [1.54, 1.807) is 26.2 Å². The number of rotatable bonds is 5. The number of carbonyl (C=O) groups excluding carboxylic acids is 2. The summed E-state index contributed by atoms with van der Waals surface area (Å²) in [6.07, 6.45) is 5.45. The fourth-order valence-electron chi connectivity index (χ4n) is 2.05. The van der Waals surface area contributed by atoms with Gasteiger partial charge < -0.3 is 20.6 Å². The topological polar surface area (TPSA) is 81.7 Å². The van der Waals surface area contributed by atoms with Crippen LogP contribution >= 0.6 is 0 Å². The molecule has 0 radical (unpaired) electrons. The first-order valence-corrected chi connectivity index (χ1v) is 8.20. The molecule has 0 saturated carbocycles. The van der Waals surface area contributed by atoms with Gasteiger partial charge in [-0.1, -0.05) is 25.8 Å². The normalized spacial score (nSPS) is 11.6. The van der Waals surface area contributed by atoms with Crippen molar-refractivity contribution < 1.29 is 14.7 Å². The molecule has 2 rings (SSSR count). The number of nitrogens with one attached hydrogen (secondary N) is 2. The van der Waals surface area contributed by atoms with E-state index in [0.29, 0.717) is 23.6 Å². The number of phenols is 1. The van der Waals surface area contributed by atoms with Crippen molar-refractivity contribution in [1.82, 2.24) is 10.2 Å². The third-order valence-electron chi connectivity index (χ3n) is 3.25. The Balaban J connectivity index is 0.00000146. The smallest absolute Gasteiger partial charge is 0.257 e. The van der Waals surface area contributed by atoms with Crippen molar-refractivity contribution >= 4 is 17.4 Å². The number of phenolic OH excluding ortho intramolecular Hbond substituents is 1. The standard InChI is InChI=1S/C16H17N3O3.C2H6.C2H4/c1-4-8-17-12-9-13(20)14(12)18-11-7-5-6-10(15(11)21)16(22)19(2)3;2*1-2/h1,5-7,17-18,21H,8-9H2,2-3H3;1-2H3;1-2H2. The van der Waals surface area contributed by atoms with E-state index in [1.165, 1.54) is 11.0 Å². The lowest BCUT2D eigenvalue weighted by atomic mass is 9.98. The van der Waals surface area contributed by atoms with Gasteiger partial charge in [-0.15, -0.1) is 19.6 Å². The van der Waals surface area contributed by atoms with Gasteiger partial charge in [-0.2, -0.15) is 0 Å². The van der Waals surface area contributed by atoms with E-state index in [2.05, 4.69) is 29.7 Å². The molecule has 6 heteroatoms. The second kappa shape index (κ2) is 11.4. The van der Waals surface area contributed by atoms with Gasteiger partial charge >= 0.3 is 0 Å². The van der Waals surface area contributed by atoms with Crippen molar-refractivity contribution in [2.75, 3.05) is 26.0 Å². The molecule has 0 fully saturated rings. The van der Waals surface area contributed by atoms with Gasteiger partial charge in [0.25, 0.3) is 5.91 Å². The van der Waals surface area contributed by atoms with Gasteiger partial charge in [0.05, 0.1) is 24.2 Å². The maximum atomic E-state index is 12.0. The summed E-state index contributed by atoms with van der Waals surface area (Å²) < 4.78 is 0. The summed E-state index contributed by atoms with van der Waals surface area (Å²) >= 11 is 0. The lowest BCUT2D eigenvalue weighted by molar-refractivity contribution is -0.116. The third-order valence-corrected chi connectivity index (χ3v) is 3.25. The number of hydrogen-bond donors (Lipinski definition) is 3. The first-order valence-electron chi connectivity index (χ1n) is 8.20. The minimum Gasteiger partial charge on any atom is -0.505 e. The van der Waals surface area contributed by atoms with Crippen molar-refractivity contribution in [1.29, 1.82) is 0 Å². The second-order valence-corrected chi connectivity index (χ2v) is 5.04. The number of terminal acetylenes is 1. The van der Waals surface area contributed by atoms with E-state index in [4.69, 9.17) is 6.42 Å². The van der Waals surface area contributed by atoms with Crippen LogP contribution in [0.15, 0.2) is 42.8 Å². The number of Topliss-reactive ketones (excluding diaryl/α,β-unsaturated/α-hetero) is 1. The monoisotopic (exact) mass is 357 g/mol. The van der Waals surface area contributed by atoms with E-state index < -0.39 is 0 Å². The molecule has 1 amide bonds. The van der Waals surface area contributed by atoms with Gasteiger partial charge in [-0.3, -0.25) is 9.59 Å². The van der Waals surface area contributed by atoms with Crippen molar-refractivity contribution in [3.8, 4) is 18.1 Å². The van der Waals surface area contributed by atoms with E-state index in [-0.39, 0.29) is 29.4 Å². The number of allylic oxidation sites excluding steroid dienone is 2. The van der Waals surface area contributed by atoms with Crippen molar-refractivity contribution in [2.45, 2.75) is 20.3 Å². The Morgan fingerprint density at radius 2 is 1.96 bits per heavy atom.